The normalized spacial score (nSPS) is 19.3. The second-order valence-electron chi connectivity index (χ2n) is 12.9. The van der Waals surface area contributed by atoms with Gasteiger partial charge in [-0.2, -0.15) is 5.10 Å². The molecule has 2 aliphatic heterocycles. The summed E-state index contributed by atoms with van der Waals surface area (Å²) in [7, 11) is 3.88. The number of rotatable bonds is 11. The molecule has 4 N–H and O–H groups in total. The highest BCUT2D eigenvalue weighted by Gasteiger charge is 2.33. The number of likely N-dealkylation sites (tertiary alicyclic amines) is 1. The number of nitrogen functional groups attached to an aromatic ring is 1. The lowest BCUT2D eigenvalue weighted by molar-refractivity contribution is 0.0323. The van der Waals surface area contributed by atoms with Crippen molar-refractivity contribution in [3.8, 4) is 22.3 Å². The summed E-state index contributed by atoms with van der Waals surface area (Å²) in [6, 6.07) is 16.9. The van der Waals surface area contributed by atoms with Crippen LogP contribution in [0.1, 0.15) is 27.0 Å². The first-order chi connectivity index (χ1) is 22.7. The quantitative estimate of drug-likeness (QED) is 0.228. The van der Waals surface area contributed by atoms with Gasteiger partial charge in [0, 0.05) is 82.9 Å². The highest BCUT2D eigenvalue weighted by atomic mass is 16.5. The molecule has 4 heterocycles. The number of carbonyl (C=O) groups is 1. The number of benzene rings is 2. The zero-order valence-corrected chi connectivity index (χ0v) is 27.6. The summed E-state index contributed by atoms with van der Waals surface area (Å²) in [5.41, 5.74) is 14.2. The molecule has 2 saturated heterocycles. The third-order valence-corrected chi connectivity index (χ3v) is 9.34. The van der Waals surface area contributed by atoms with Crippen LogP contribution >= 0.6 is 0 Å². The Hall–Kier alpha value is -4.13. The van der Waals surface area contributed by atoms with Crippen molar-refractivity contribution >= 4 is 11.7 Å². The summed E-state index contributed by atoms with van der Waals surface area (Å²) in [5.74, 6) is -0.0711. The molecule has 0 unspecified atom stereocenters. The predicted octanol–water partition coefficient (Wildman–Crippen LogP) is 2.78. The second kappa shape index (κ2) is 14.7. The van der Waals surface area contributed by atoms with Crippen LogP contribution in [-0.4, -0.2) is 112 Å². The Morgan fingerprint density at radius 1 is 0.957 bits per heavy atom. The molecule has 2 fully saturated rings. The molecule has 6 rings (SSSR count). The van der Waals surface area contributed by atoms with Crippen LogP contribution in [0.15, 0.2) is 67.1 Å². The van der Waals surface area contributed by atoms with Crippen LogP contribution in [0.25, 0.3) is 22.3 Å². The van der Waals surface area contributed by atoms with Crippen LogP contribution < -0.4 is 11.1 Å². The van der Waals surface area contributed by atoms with Crippen LogP contribution in [0.4, 0.5) is 5.82 Å². The van der Waals surface area contributed by atoms with Crippen LogP contribution in [0.2, 0.25) is 0 Å². The molecule has 2 aromatic heterocycles. The molecular formula is C36H46N8O3. The van der Waals surface area contributed by atoms with Gasteiger partial charge in [-0.1, -0.05) is 42.5 Å². The standard InChI is InChI=1S/C36H46N8O3/c1-25-16-28(8-9-29(25)21-44-12-10-43(11-13-44)14-15-45)27-6-4-26(5-7-27)24-47-34-23-41(2)22-33(34)40-36(46)32-17-30(18-38-35(32)37)31-19-39-42(3)20-31/h4-9,16-20,33-34,45H,10-15,21-24H2,1-3H3,(H2,37,38)(H,40,46)/t33-,34-/m0/s1. The summed E-state index contributed by atoms with van der Waals surface area (Å²) in [6.07, 6.45) is 5.11. The van der Waals surface area contributed by atoms with E-state index >= 15 is 0 Å². The van der Waals surface area contributed by atoms with Gasteiger partial charge >= 0.3 is 0 Å². The lowest BCUT2D eigenvalue weighted by Crippen LogP contribution is -2.46. The number of nitrogens with one attached hydrogen (secondary N) is 1. The monoisotopic (exact) mass is 638 g/mol. The predicted molar refractivity (Wildman–Crippen MR) is 184 cm³/mol. The van der Waals surface area contributed by atoms with Crippen LogP contribution in [0.5, 0.6) is 0 Å². The largest absolute Gasteiger partial charge is 0.395 e. The van der Waals surface area contributed by atoms with E-state index < -0.39 is 0 Å². The second-order valence-corrected chi connectivity index (χ2v) is 12.9. The Morgan fingerprint density at radius 2 is 1.70 bits per heavy atom. The van der Waals surface area contributed by atoms with E-state index in [1.807, 2.05) is 20.3 Å². The molecular weight excluding hydrogens is 592 g/mol. The van der Waals surface area contributed by atoms with Gasteiger partial charge in [0.15, 0.2) is 0 Å². The maximum Gasteiger partial charge on any atom is 0.255 e. The van der Waals surface area contributed by atoms with Gasteiger partial charge < -0.3 is 25.8 Å². The van der Waals surface area contributed by atoms with Gasteiger partial charge in [-0.3, -0.25) is 19.3 Å². The topological polar surface area (TPSA) is 125 Å². The van der Waals surface area contributed by atoms with Gasteiger partial charge in [-0.25, -0.2) is 4.98 Å². The number of anilines is 1. The van der Waals surface area contributed by atoms with E-state index in [2.05, 4.69) is 79.5 Å². The summed E-state index contributed by atoms with van der Waals surface area (Å²) >= 11 is 0. The summed E-state index contributed by atoms with van der Waals surface area (Å²) in [5, 5.41) is 16.6. The average molecular weight is 639 g/mol. The van der Waals surface area contributed by atoms with Gasteiger partial charge in [-0.05, 0) is 47.9 Å². The lowest BCUT2D eigenvalue weighted by Gasteiger charge is -2.34. The van der Waals surface area contributed by atoms with E-state index in [9.17, 15) is 9.90 Å². The number of hydrogen-bond acceptors (Lipinski definition) is 9. The Morgan fingerprint density at radius 3 is 2.40 bits per heavy atom. The molecule has 11 heteroatoms. The Kier molecular flexibility index (Phi) is 10.3. The van der Waals surface area contributed by atoms with Crippen molar-refractivity contribution in [3.63, 3.8) is 0 Å². The first-order valence-corrected chi connectivity index (χ1v) is 16.4. The highest BCUT2D eigenvalue weighted by molar-refractivity contribution is 5.99. The van der Waals surface area contributed by atoms with Gasteiger partial charge in [0.1, 0.15) is 5.82 Å². The number of carbonyl (C=O) groups excluding carboxylic acids is 1. The first kappa shape index (κ1) is 32.8. The number of aromatic nitrogens is 3. The number of amides is 1. The number of pyridine rings is 1. The molecule has 4 aromatic rings. The van der Waals surface area contributed by atoms with Crippen LogP contribution in [0.3, 0.4) is 0 Å². The number of aryl methyl sites for hydroxylation is 2. The van der Waals surface area contributed by atoms with Gasteiger partial charge in [-0.15, -0.1) is 0 Å². The summed E-state index contributed by atoms with van der Waals surface area (Å²) in [6.45, 7) is 10.1. The molecule has 1 amide bonds. The third-order valence-electron chi connectivity index (χ3n) is 9.34. The first-order valence-electron chi connectivity index (χ1n) is 16.4. The maximum atomic E-state index is 13.3. The van der Waals surface area contributed by atoms with Crippen molar-refractivity contribution in [2.24, 2.45) is 7.05 Å². The van der Waals surface area contributed by atoms with Crippen molar-refractivity contribution < 1.29 is 14.6 Å². The number of hydrogen-bond donors (Lipinski definition) is 3. The minimum Gasteiger partial charge on any atom is -0.395 e. The molecule has 0 spiro atoms. The maximum absolute atomic E-state index is 13.3. The molecule has 2 aromatic carbocycles. The van der Waals surface area contributed by atoms with E-state index in [1.165, 1.54) is 22.3 Å². The van der Waals surface area contributed by atoms with Crippen molar-refractivity contribution in [1.29, 1.82) is 0 Å². The number of likely N-dealkylation sites (N-methyl/N-ethyl adjacent to an activating group) is 1. The fourth-order valence-electron chi connectivity index (χ4n) is 6.50. The highest BCUT2D eigenvalue weighted by Crippen LogP contribution is 2.26. The number of nitrogens with zero attached hydrogens (tertiary/aromatic N) is 6. The number of piperazine rings is 1. The van der Waals surface area contributed by atoms with Crippen molar-refractivity contribution in [1.82, 2.24) is 34.8 Å². The number of aliphatic hydroxyl groups is 1. The Balaban J connectivity index is 1.03. The van der Waals surface area contributed by atoms with Crippen molar-refractivity contribution in [3.05, 3.63) is 89.4 Å². The van der Waals surface area contributed by atoms with Crippen molar-refractivity contribution in [2.45, 2.75) is 32.2 Å². The minimum atomic E-state index is -0.263. The van der Waals surface area contributed by atoms with E-state index in [1.54, 1.807) is 23.1 Å². The average Bonchev–Trinajstić information content (AvgIpc) is 3.66. The van der Waals surface area contributed by atoms with E-state index in [4.69, 9.17) is 10.5 Å². The molecule has 248 valence electrons. The smallest absolute Gasteiger partial charge is 0.255 e. The fraction of sp³-hybridized carbons (Fsp3) is 0.417. The summed E-state index contributed by atoms with van der Waals surface area (Å²) in [4.78, 5) is 24.6. The van der Waals surface area contributed by atoms with E-state index in [0.29, 0.717) is 18.7 Å². The molecule has 2 atom stereocenters. The SMILES string of the molecule is Cc1cc(-c2ccc(CO[C@H]3CN(C)C[C@@H]3NC(=O)c3cc(-c4cnn(C)c4)cnc3N)cc2)ccc1CN1CCN(CCO)CC1. The number of aliphatic hydroxyl groups excluding tert-OH is 1. The van der Waals surface area contributed by atoms with Crippen molar-refractivity contribution in [2.75, 3.05) is 65.2 Å². The van der Waals surface area contributed by atoms with E-state index in [0.717, 1.165) is 62.5 Å². The molecule has 2 aliphatic rings. The van der Waals surface area contributed by atoms with Crippen LogP contribution in [-0.2, 0) is 24.9 Å². The molecule has 0 radical (unpaired) electrons. The molecule has 47 heavy (non-hydrogen) atoms. The Labute approximate surface area is 276 Å². The summed E-state index contributed by atoms with van der Waals surface area (Å²) < 4.78 is 8.08. The third kappa shape index (κ3) is 8.06. The molecule has 0 saturated carbocycles. The molecule has 0 aliphatic carbocycles. The Bertz CT molecular complexity index is 1670. The lowest BCUT2D eigenvalue weighted by atomic mass is 9.98. The zero-order valence-electron chi connectivity index (χ0n) is 27.6. The fourth-order valence-corrected chi connectivity index (χ4v) is 6.50. The number of ether oxygens (including phenoxy) is 1. The molecule has 0 bridgehead atoms. The minimum absolute atomic E-state index is 0.160. The van der Waals surface area contributed by atoms with Gasteiger partial charge in [0.2, 0.25) is 0 Å². The van der Waals surface area contributed by atoms with Gasteiger partial charge in [0.25, 0.3) is 5.91 Å². The zero-order chi connectivity index (χ0) is 32.9. The molecule has 11 nitrogen and oxygen atoms in total. The number of β-amino-alcohol motifs (C(OH)–C–C–N with tert-alkyl or cyclic N) is 1. The van der Waals surface area contributed by atoms with Gasteiger partial charge in [0.05, 0.1) is 37.1 Å². The van der Waals surface area contributed by atoms with E-state index in [-0.39, 0.29) is 30.5 Å². The van der Waals surface area contributed by atoms with Crippen LogP contribution in [0, 0.1) is 6.92 Å². The number of nitrogens with two attached hydrogens (primary N) is 1.